The summed E-state index contributed by atoms with van der Waals surface area (Å²) in [6.07, 6.45) is 6.20. The number of carbonyl (C=O) groups is 1. The maximum Gasteiger partial charge on any atom is 0.427 e. The fraction of sp³-hybridized carbons (Fsp3) is 0.750. The number of amides is 1. The first-order valence-corrected chi connectivity index (χ1v) is 4.20. The highest BCUT2D eigenvalue weighted by molar-refractivity contribution is 5.69. The number of hydrazone groups is 1. The van der Waals surface area contributed by atoms with E-state index in [9.17, 15) is 4.79 Å². The molecule has 1 rings (SSSR count). The van der Waals surface area contributed by atoms with Crippen LogP contribution in [-0.2, 0) is 4.74 Å². The van der Waals surface area contributed by atoms with Gasteiger partial charge < -0.3 is 4.74 Å². The minimum atomic E-state index is -0.510. The number of rotatable bonds is 2. The summed E-state index contributed by atoms with van der Waals surface area (Å²) in [5.74, 6) is 0.544. The van der Waals surface area contributed by atoms with Crippen LogP contribution in [0.25, 0.3) is 0 Å². The summed E-state index contributed by atoms with van der Waals surface area (Å²) in [6, 6.07) is 0. The predicted octanol–water partition coefficient (Wildman–Crippen LogP) is 1.52. The van der Waals surface area contributed by atoms with Crippen molar-refractivity contribution < 1.29 is 9.53 Å². The molecule has 68 valence electrons. The normalized spacial score (nSPS) is 18.4. The van der Waals surface area contributed by atoms with Gasteiger partial charge in [0.05, 0.1) is 7.11 Å². The maximum atomic E-state index is 10.5. The van der Waals surface area contributed by atoms with Gasteiger partial charge in [-0.3, -0.25) is 0 Å². The molecule has 4 nitrogen and oxygen atoms in total. The van der Waals surface area contributed by atoms with Crippen LogP contribution >= 0.6 is 0 Å². The molecule has 1 fully saturated rings. The van der Waals surface area contributed by atoms with Gasteiger partial charge in [-0.25, -0.2) is 10.2 Å². The topological polar surface area (TPSA) is 50.7 Å². The molecular formula is C8H14N2O2. The van der Waals surface area contributed by atoms with Gasteiger partial charge in [-0.1, -0.05) is 12.8 Å². The maximum absolute atomic E-state index is 10.5. The molecule has 1 amide bonds. The van der Waals surface area contributed by atoms with Crippen LogP contribution in [0.1, 0.15) is 25.7 Å². The first kappa shape index (κ1) is 9.03. The standard InChI is InChI=1S/C8H14N2O2/c1-12-8(11)10-9-6-7-4-2-3-5-7/h6-7H,2-5H2,1H3,(H,10,11)/b9-6+. The van der Waals surface area contributed by atoms with Gasteiger partial charge in [0.2, 0.25) is 0 Å². The molecule has 1 saturated carbocycles. The van der Waals surface area contributed by atoms with Gasteiger partial charge in [0.15, 0.2) is 0 Å². The molecule has 0 aromatic carbocycles. The average Bonchev–Trinajstić information content (AvgIpc) is 2.57. The third-order valence-corrected chi connectivity index (χ3v) is 2.03. The molecule has 0 saturated heterocycles. The predicted molar refractivity (Wildman–Crippen MR) is 46.0 cm³/mol. The lowest BCUT2D eigenvalue weighted by Gasteiger charge is -1.99. The minimum absolute atomic E-state index is 0.510. The zero-order chi connectivity index (χ0) is 8.81. The smallest absolute Gasteiger partial charge is 0.427 e. The molecule has 0 aromatic heterocycles. The SMILES string of the molecule is COC(=O)N/N=C/C1CCCC1. The first-order chi connectivity index (χ1) is 5.83. The van der Waals surface area contributed by atoms with E-state index in [-0.39, 0.29) is 0 Å². The highest BCUT2D eigenvalue weighted by Gasteiger charge is 2.11. The molecule has 0 atom stereocenters. The third-order valence-electron chi connectivity index (χ3n) is 2.03. The van der Waals surface area contributed by atoms with E-state index in [2.05, 4.69) is 15.3 Å². The molecule has 0 unspecified atom stereocenters. The second-order valence-electron chi connectivity index (χ2n) is 2.93. The molecule has 4 heteroatoms. The van der Waals surface area contributed by atoms with E-state index in [4.69, 9.17) is 0 Å². The number of ether oxygens (including phenoxy) is 1. The van der Waals surface area contributed by atoms with Crippen molar-refractivity contribution in [2.45, 2.75) is 25.7 Å². The summed E-state index contributed by atoms with van der Waals surface area (Å²) in [5, 5.41) is 3.77. The van der Waals surface area contributed by atoms with E-state index in [1.807, 2.05) is 0 Å². The van der Waals surface area contributed by atoms with E-state index in [0.717, 1.165) is 0 Å². The van der Waals surface area contributed by atoms with Crippen LogP contribution in [0.4, 0.5) is 4.79 Å². The van der Waals surface area contributed by atoms with E-state index < -0.39 is 6.09 Å². The van der Waals surface area contributed by atoms with Crippen LogP contribution in [0.2, 0.25) is 0 Å². The number of hydrogen-bond acceptors (Lipinski definition) is 3. The zero-order valence-corrected chi connectivity index (χ0v) is 7.25. The Hall–Kier alpha value is -1.06. The Morgan fingerprint density at radius 3 is 2.83 bits per heavy atom. The van der Waals surface area contributed by atoms with Crippen molar-refractivity contribution >= 4 is 12.3 Å². The van der Waals surface area contributed by atoms with Crippen molar-refractivity contribution in [1.29, 1.82) is 0 Å². The molecule has 1 aliphatic rings. The van der Waals surface area contributed by atoms with Gasteiger partial charge in [-0.05, 0) is 18.8 Å². The Bertz CT molecular complexity index is 174. The monoisotopic (exact) mass is 170 g/mol. The molecule has 0 radical (unpaired) electrons. The molecule has 0 aliphatic heterocycles. The lowest BCUT2D eigenvalue weighted by Crippen LogP contribution is -2.17. The van der Waals surface area contributed by atoms with E-state index in [1.54, 1.807) is 6.21 Å². The van der Waals surface area contributed by atoms with Crippen LogP contribution in [0.3, 0.4) is 0 Å². The van der Waals surface area contributed by atoms with Gasteiger partial charge in [-0.2, -0.15) is 5.10 Å². The third kappa shape index (κ3) is 2.90. The highest BCUT2D eigenvalue weighted by Crippen LogP contribution is 2.22. The Kier molecular flexibility index (Phi) is 3.57. The van der Waals surface area contributed by atoms with Crippen molar-refractivity contribution in [2.75, 3.05) is 7.11 Å². The lowest BCUT2D eigenvalue weighted by molar-refractivity contribution is 0.171. The van der Waals surface area contributed by atoms with Crippen LogP contribution < -0.4 is 5.43 Å². The Morgan fingerprint density at radius 2 is 2.25 bits per heavy atom. The number of hydrogen-bond donors (Lipinski definition) is 1. The van der Waals surface area contributed by atoms with E-state index in [0.29, 0.717) is 5.92 Å². The summed E-state index contributed by atoms with van der Waals surface area (Å²) in [7, 11) is 1.32. The first-order valence-electron chi connectivity index (χ1n) is 4.20. The van der Waals surface area contributed by atoms with Crippen LogP contribution in [0.15, 0.2) is 5.10 Å². The fourth-order valence-corrected chi connectivity index (χ4v) is 1.35. The van der Waals surface area contributed by atoms with Gasteiger partial charge in [0.25, 0.3) is 0 Å². The zero-order valence-electron chi connectivity index (χ0n) is 7.25. The molecule has 1 aliphatic carbocycles. The Labute approximate surface area is 72.0 Å². The highest BCUT2D eigenvalue weighted by atomic mass is 16.5. The van der Waals surface area contributed by atoms with Crippen LogP contribution in [-0.4, -0.2) is 19.4 Å². The second-order valence-corrected chi connectivity index (χ2v) is 2.93. The molecular weight excluding hydrogens is 156 g/mol. The lowest BCUT2D eigenvalue weighted by atomic mass is 10.1. The van der Waals surface area contributed by atoms with Gasteiger partial charge in [0, 0.05) is 6.21 Å². The molecule has 0 heterocycles. The van der Waals surface area contributed by atoms with Gasteiger partial charge in [-0.15, -0.1) is 0 Å². The number of carbonyl (C=O) groups excluding carboxylic acids is 1. The van der Waals surface area contributed by atoms with E-state index >= 15 is 0 Å². The number of nitrogens with zero attached hydrogens (tertiary/aromatic N) is 1. The van der Waals surface area contributed by atoms with Gasteiger partial charge >= 0.3 is 6.09 Å². The van der Waals surface area contributed by atoms with Crippen molar-refractivity contribution in [1.82, 2.24) is 5.43 Å². The van der Waals surface area contributed by atoms with Crippen LogP contribution in [0, 0.1) is 5.92 Å². The Morgan fingerprint density at radius 1 is 1.58 bits per heavy atom. The van der Waals surface area contributed by atoms with Gasteiger partial charge in [0.1, 0.15) is 0 Å². The van der Waals surface area contributed by atoms with Crippen LogP contribution in [0.5, 0.6) is 0 Å². The van der Waals surface area contributed by atoms with Crippen molar-refractivity contribution in [3.63, 3.8) is 0 Å². The summed E-state index contributed by atoms with van der Waals surface area (Å²) in [4.78, 5) is 10.5. The summed E-state index contributed by atoms with van der Waals surface area (Å²) < 4.78 is 4.35. The largest absolute Gasteiger partial charge is 0.452 e. The fourth-order valence-electron chi connectivity index (χ4n) is 1.35. The number of nitrogens with one attached hydrogen (secondary N) is 1. The Balaban J connectivity index is 2.16. The van der Waals surface area contributed by atoms with Crippen molar-refractivity contribution in [2.24, 2.45) is 11.0 Å². The molecule has 0 spiro atoms. The quantitative estimate of drug-likeness (QED) is 0.504. The van der Waals surface area contributed by atoms with E-state index in [1.165, 1.54) is 32.8 Å². The minimum Gasteiger partial charge on any atom is -0.452 e. The summed E-state index contributed by atoms with van der Waals surface area (Å²) in [5.41, 5.74) is 2.27. The summed E-state index contributed by atoms with van der Waals surface area (Å²) in [6.45, 7) is 0. The molecule has 0 aromatic rings. The molecule has 0 bridgehead atoms. The number of methoxy groups -OCH3 is 1. The average molecular weight is 170 g/mol. The van der Waals surface area contributed by atoms with Crippen molar-refractivity contribution in [3.05, 3.63) is 0 Å². The second kappa shape index (κ2) is 4.74. The molecule has 1 N–H and O–H groups in total. The van der Waals surface area contributed by atoms with Crippen molar-refractivity contribution in [3.8, 4) is 0 Å². The molecule has 12 heavy (non-hydrogen) atoms. The summed E-state index contributed by atoms with van der Waals surface area (Å²) >= 11 is 0.